The van der Waals surface area contributed by atoms with E-state index in [4.69, 9.17) is 0 Å². The molecule has 0 nitrogen and oxygen atoms in total. The van der Waals surface area contributed by atoms with Gasteiger partial charge in [0.05, 0.1) is 0 Å². The maximum Gasteiger partial charge on any atom is 0.113 e. The zero-order chi connectivity index (χ0) is 32.0. The average molecular weight is 635 g/mol. The molecule has 1 aliphatic carbocycles. The van der Waals surface area contributed by atoms with Crippen molar-refractivity contribution in [1.82, 2.24) is 0 Å². The molecule has 0 fully saturated rings. The Kier molecular flexibility index (Phi) is 5.22. The quantitative estimate of drug-likeness (QED) is 0.158. The largest absolute Gasteiger partial charge is 0.113 e. The summed E-state index contributed by atoms with van der Waals surface area (Å²) < 4.78 is 0. The van der Waals surface area contributed by atoms with Crippen LogP contribution in [0.5, 0.6) is 0 Å². The van der Waals surface area contributed by atoms with Crippen LogP contribution >= 0.6 is 0 Å². The Labute approximate surface area is 279 Å². The van der Waals surface area contributed by atoms with Crippen LogP contribution in [0.25, 0.3) is 66.1 Å². The zero-order valence-electron chi connectivity index (χ0n) is 28.0. The van der Waals surface area contributed by atoms with Gasteiger partial charge in [-0.15, -0.1) is 0 Å². The van der Waals surface area contributed by atoms with Gasteiger partial charge in [0.2, 0.25) is 0 Å². The average Bonchev–Trinajstić information content (AvgIpc) is 3.57. The standard InChI is InChI=1S/C45H38Si2/c1-45(2)36-23-20-27-13-7-8-14-30(27)40(36)33-22-19-29(26-37(33)45)28-21-24-39-35(25-28)42-32-16-10-9-15-31(32)41-34-17-11-12-18-38(34)46(3,4)43(41)44(42)47(39,5)6/h7-26H,1-6H3. The van der Waals surface area contributed by atoms with Gasteiger partial charge in [-0.05, 0) is 110 Å². The topological polar surface area (TPSA) is 0 Å². The summed E-state index contributed by atoms with van der Waals surface area (Å²) in [5.41, 5.74) is 14.3. The summed E-state index contributed by atoms with van der Waals surface area (Å²) in [5, 5.41) is 12.2. The normalized spacial score (nSPS) is 16.8. The van der Waals surface area contributed by atoms with Crippen molar-refractivity contribution in [3.63, 3.8) is 0 Å². The number of fused-ring (bicyclic) bond motifs is 15. The second-order valence-corrected chi connectivity index (χ2v) is 24.3. The Morgan fingerprint density at radius 3 is 1.74 bits per heavy atom. The van der Waals surface area contributed by atoms with Crippen LogP contribution in [0.1, 0.15) is 25.0 Å². The SMILES string of the molecule is CC1(C)c2cc(-c3ccc4c(c3)-c3c(c5c(c6ccccc36)-c3ccccc3[Si]5(C)C)[Si]4(C)C)ccc2-c2c1ccc1ccccc21. The summed E-state index contributed by atoms with van der Waals surface area (Å²) in [6.45, 7) is 15.2. The lowest BCUT2D eigenvalue weighted by Crippen LogP contribution is -2.63. The molecular weight excluding hydrogens is 597 g/mol. The van der Waals surface area contributed by atoms with Gasteiger partial charge in [0.15, 0.2) is 0 Å². The highest BCUT2D eigenvalue weighted by Gasteiger charge is 2.49. The van der Waals surface area contributed by atoms with Gasteiger partial charge < -0.3 is 0 Å². The van der Waals surface area contributed by atoms with Crippen LogP contribution in [0.3, 0.4) is 0 Å². The van der Waals surface area contributed by atoms with E-state index in [1.807, 2.05) is 0 Å². The minimum atomic E-state index is -1.98. The molecule has 7 aromatic rings. The first-order valence-electron chi connectivity index (χ1n) is 17.1. The van der Waals surface area contributed by atoms with Gasteiger partial charge in [0.25, 0.3) is 0 Å². The highest BCUT2D eigenvalue weighted by molar-refractivity contribution is 7.13. The molecule has 0 spiro atoms. The van der Waals surface area contributed by atoms with Crippen molar-refractivity contribution < 1.29 is 0 Å². The van der Waals surface area contributed by atoms with Crippen LogP contribution in [0.4, 0.5) is 0 Å². The number of benzene rings is 7. The molecule has 0 aromatic heterocycles. The van der Waals surface area contributed by atoms with E-state index in [-0.39, 0.29) is 5.41 Å². The molecule has 0 N–H and O–H groups in total. The van der Waals surface area contributed by atoms with Crippen LogP contribution in [0, 0.1) is 0 Å². The summed E-state index contributed by atoms with van der Waals surface area (Å²) in [4.78, 5) is 0. The van der Waals surface area contributed by atoms with E-state index in [0.717, 1.165) is 0 Å². The van der Waals surface area contributed by atoms with E-state index in [1.54, 1.807) is 20.7 Å². The number of rotatable bonds is 1. The van der Waals surface area contributed by atoms with Gasteiger partial charge in [0.1, 0.15) is 16.1 Å². The van der Waals surface area contributed by atoms with Crippen molar-refractivity contribution in [2.45, 2.75) is 45.5 Å². The molecule has 226 valence electrons. The van der Waals surface area contributed by atoms with Crippen LogP contribution < -0.4 is 20.7 Å². The second kappa shape index (κ2) is 8.89. The van der Waals surface area contributed by atoms with Crippen molar-refractivity contribution in [3.05, 3.63) is 132 Å². The van der Waals surface area contributed by atoms with Crippen LogP contribution in [0.15, 0.2) is 121 Å². The summed E-state index contributed by atoms with van der Waals surface area (Å²) in [6, 6.07) is 46.9. The van der Waals surface area contributed by atoms with Gasteiger partial charge in [0, 0.05) is 5.41 Å². The van der Waals surface area contributed by atoms with Crippen LogP contribution in [0.2, 0.25) is 26.2 Å². The van der Waals surface area contributed by atoms with Crippen molar-refractivity contribution in [2.75, 3.05) is 0 Å². The highest BCUT2D eigenvalue weighted by Crippen LogP contribution is 2.52. The zero-order valence-corrected chi connectivity index (χ0v) is 30.0. The van der Waals surface area contributed by atoms with Crippen molar-refractivity contribution >= 4 is 58.4 Å². The molecule has 0 amide bonds. The third-order valence-electron chi connectivity index (χ3n) is 12.2. The maximum atomic E-state index is 2.61. The Morgan fingerprint density at radius 2 is 1.00 bits per heavy atom. The molecule has 2 aliphatic heterocycles. The molecule has 0 saturated heterocycles. The molecule has 3 aliphatic rings. The van der Waals surface area contributed by atoms with Gasteiger partial charge in [-0.2, -0.15) is 0 Å². The second-order valence-electron chi connectivity index (χ2n) is 15.7. The Bertz CT molecular complexity index is 2550. The molecule has 0 saturated carbocycles. The molecule has 47 heavy (non-hydrogen) atoms. The van der Waals surface area contributed by atoms with E-state index < -0.39 is 16.1 Å². The predicted octanol–water partition coefficient (Wildman–Crippen LogP) is 9.57. The Hall–Kier alpha value is -4.51. The summed E-state index contributed by atoms with van der Waals surface area (Å²) in [5.74, 6) is 0. The molecule has 0 unspecified atom stereocenters. The lowest BCUT2D eigenvalue weighted by Gasteiger charge is -2.29. The lowest BCUT2D eigenvalue weighted by molar-refractivity contribution is 0.661. The lowest BCUT2D eigenvalue weighted by atomic mass is 9.81. The van der Waals surface area contributed by atoms with E-state index in [1.165, 1.54) is 77.2 Å². The van der Waals surface area contributed by atoms with Crippen molar-refractivity contribution in [1.29, 1.82) is 0 Å². The van der Waals surface area contributed by atoms with Gasteiger partial charge in [-0.25, -0.2) is 0 Å². The monoisotopic (exact) mass is 634 g/mol. The van der Waals surface area contributed by atoms with Crippen molar-refractivity contribution in [2.24, 2.45) is 0 Å². The molecule has 2 heteroatoms. The molecule has 10 rings (SSSR count). The Balaban J connectivity index is 1.21. The third-order valence-corrected chi connectivity index (χ3v) is 19.5. The summed E-state index contributed by atoms with van der Waals surface area (Å²) in [7, 11) is -3.89. The fourth-order valence-corrected chi connectivity index (χ4v) is 18.4. The minimum Gasteiger partial charge on any atom is -0.0623 e. The molecule has 2 heterocycles. The molecule has 0 bridgehead atoms. The van der Waals surface area contributed by atoms with Crippen LogP contribution in [-0.4, -0.2) is 16.1 Å². The molecule has 0 atom stereocenters. The first-order chi connectivity index (χ1) is 22.6. The molecular formula is C45H38Si2. The van der Waals surface area contributed by atoms with Gasteiger partial charge >= 0.3 is 0 Å². The van der Waals surface area contributed by atoms with E-state index in [2.05, 4.69) is 161 Å². The molecule has 0 radical (unpaired) electrons. The van der Waals surface area contributed by atoms with E-state index >= 15 is 0 Å². The van der Waals surface area contributed by atoms with Gasteiger partial charge in [-0.1, -0.05) is 149 Å². The van der Waals surface area contributed by atoms with Crippen LogP contribution in [-0.2, 0) is 5.41 Å². The maximum absolute atomic E-state index is 2.61. The number of hydrogen-bond donors (Lipinski definition) is 0. The third kappa shape index (κ3) is 3.33. The smallest absolute Gasteiger partial charge is 0.0623 e. The first-order valence-corrected chi connectivity index (χ1v) is 23.1. The van der Waals surface area contributed by atoms with E-state index in [9.17, 15) is 0 Å². The number of hydrogen-bond acceptors (Lipinski definition) is 0. The predicted molar refractivity (Wildman–Crippen MR) is 209 cm³/mol. The summed E-state index contributed by atoms with van der Waals surface area (Å²) >= 11 is 0. The first kappa shape index (κ1) is 27.6. The Morgan fingerprint density at radius 1 is 0.426 bits per heavy atom. The minimum absolute atomic E-state index is 0.0507. The fraction of sp³-hybridized carbons (Fsp3) is 0.156. The molecule has 7 aromatic carbocycles. The summed E-state index contributed by atoms with van der Waals surface area (Å²) in [6.07, 6.45) is 0. The highest BCUT2D eigenvalue weighted by atomic mass is 28.3. The fourth-order valence-electron chi connectivity index (χ4n) is 9.93. The van der Waals surface area contributed by atoms with Crippen molar-refractivity contribution in [3.8, 4) is 44.5 Å². The van der Waals surface area contributed by atoms with Gasteiger partial charge in [-0.3, -0.25) is 0 Å². The van der Waals surface area contributed by atoms with E-state index in [0.29, 0.717) is 0 Å².